The third-order valence-corrected chi connectivity index (χ3v) is 1.35. The van der Waals surface area contributed by atoms with Gasteiger partial charge in [-0.1, -0.05) is 11.2 Å². The Morgan fingerprint density at radius 3 is 3.10 bits per heavy atom. The molecule has 2 rings (SSSR count). The smallest absolute Gasteiger partial charge is 0.224 e. The highest BCUT2D eigenvalue weighted by atomic mass is 16.5. The van der Waals surface area contributed by atoms with Crippen molar-refractivity contribution in [1.29, 1.82) is 0 Å². The molecule has 1 heterocycles. The second-order valence-corrected chi connectivity index (χ2v) is 2.00. The summed E-state index contributed by atoms with van der Waals surface area (Å²) in [4.78, 5) is 0. The molecule has 1 aromatic heterocycles. The first-order valence-corrected chi connectivity index (χ1v) is 2.88. The van der Waals surface area contributed by atoms with E-state index in [-0.39, 0.29) is 5.75 Å². The van der Waals surface area contributed by atoms with Gasteiger partial charge in [0.15, 0.2) is 0 Å². The minimum absolute atomic E-state index is 0.116. The average Bonchev–Trinajstić information content (AvgIpc) is 2.36. The van der Waals surface area contributed by atoms with Crippen LogP contribution in [0.15, 0.2) is 28.9 Å². The minimum Gasteiger partial charge on any atom is -0.352 e. The zero-order valence-electron chi connectivity index (χ0n) is 5.07. The molecule has 1 radical (unpaired) electrons. The Bertz CT molecular complexity index is 353. The number of nitrogens with zero attached hydrogens (tertiary/aromatic N) is 1. The summed E-state index contributed by atoms with van der Waals surface area (Å²) in [6, 6.07) is 4.92. The first-order valence-electron chi connectivity index (χ1n) is 2.88. The molecule has 0 atom stereocenters. The molecule has 49 valence electrons. The normalized spacial score (nSPS) is 10.4. The Morgan fingerprint density at radius 2 is 2.30 bits per heavy atom. The van der Waals surface area contributed by atoms with Gasteiger partial charge in [-0.15, -0.1) is 0 Å². The standard InChI is InChI=1S/C7H4NO2/c9-6-3-1-2-5-4-8-10-7(5)6/h1-4H. The van der Waals surface area contributed by atoms with Crippen LogP contribution in [0.4, 0.5) is 0 Å². The summed E-state index contributed by atoms with van der Waals surface area (Å²) in [7, 11) is 0. The van der Waals surface area contributed by atoms with Crippen LogP contribution in [0.25, 0.3) is 11.0 Å². The van der Waals surface area contributed by atoms with Crippen molar-refractivity contribution in [2.75, 3.05) is 0 Å². The SMILES string of the molecule is [O]c1cccc2cnoc12. The molecule has 2 aromatic rings. The van der Waals surface area contributed by atoms with E-state index in [1.165, 1.54) is 12.3 Å². The van der Waals surface area contributed by atoms with Crippen LogP contribution < -0.4 is 0 Å². The molecular formula is C7H4NO2. The molecule has 3 heteroatoms. The van der Waals surface area contributed by atoms with Gasteiger partial charge in [0.2, 0.25) is 11.3 Å². The average molecular weight is 134 g/mol. The fourth-order valence-electron chi connectivity index (χ4n) is 0.868. The maximum absolute atomic E-state index is 10.9. The quantitative estimate of drug-likeness (QED) is 0.552. The van der Waals surface area contributed by atoms with E-state index in [1.54, 1.807) is 12.1 Å². The van der Waals surface area contributed by atoms with Gasteiger partial charge in [0.25, 0.3) is 0 Å². The number of benzene rings is 1. The van der Waals surface area contributed by atoms with Crippen molar-refractivity contribution < 1.29 is 9.63 Å². The Hall–Kier alpha value is -1.51. The zero-order valence-corrected chi connectivity index (χ0v) is 5.07. The van der Waals surface area contributed by atoms with Gasteiger partial charge in [-0.05, 0) is 12.1 Å². The molecule has 0 saturated heterocycles. The first-order chi connectivity index (χ1) is 4.88. The summed E-state index contributed by atoms with van der Waals surface area (Å²) < 4.78 is 4.69. The van der Waals surface area contributed by atoms with Crippen LogP contribution in [0.5, 0.6) is 5.75 Å². The van der Waals surface area contributed by atoms with E-state index in [1.807, 2.05) is 0 Å². The van der Waals surface area contributed by atoms with E-state index in [4.69, 9.17) is 0 Å². The van der Waals surface area contributed by atoms with Crippen molar-refractivity contribution >= 4 is 11.0 Å². The molecule has 0 spiro atoms. The van der Waals surface area contributed by atoms with Crippen LogP contribution in [0.1, 0.15) is 0 Å². The number of hydrogen-bond acceptors (Lipinski definition) is 2. The van der Waals surface area contributed by atoms with Gasteiger partial charge in [0.05, 0.1) is 6.20 Å². The predicted octanol–water partition coefficient (Wildman–Crippen LogP) is 1.97. The fourth-order valence-corrected chi connectivity index (χ4v) is 0.868. The number of para-hydroxylation sites is 1. The molecule has 0 fully saturated rings. The van der Waals surface area contributed by atoms with Crippen molar-refractivity contribution in [3.63, 3.8) is 0 Å². The van der Waals surface area contributed by atoms with Crippen LogP contribution in [0.2, 0.25) is 0 Å². The molecule has 0 saturated carbocycles. The van der Waals surface area contributed by atoms with Crippen LogP contribution in [-0.4, -0.2) is 5.16 Å². The summed E-state index contributed by atoms with van der Waals surface area (Å²) in [6.45, 7) is 0. The van der Waals surface area contributed by atoms with E-state index in [2.05, 4.69) is 9.68 Å². The zero-order chi connectivity index (χ0) is 6.97. The minimum atomic E-state index is -0.116. The van der Waals surface area contributed by atoms with E-state index in [9.17, 15) is 5.11 Å². The summed E-state index contributed by atoms with van der Waals surface area (Å²) in [5.74, 6) is -0.116. The van der Waals surface area contributed by atoms with E-state index in [0.717, 1.165) is 5.39 Å². The number of fused-ring (bicyclic) bond motifs is 1. The third-order valence-electron chi connectivity index (χ3n) is 1.35. The third kappa shape index (κ3) is 0.572. The van der Waals surface area contributed by atoms with Gasteiger partial charge in [0.1, 0.15) is 0 Å². The monoisotopic (exact) mass is 134 g/mol. The maximum atomic E-state index is 10.9. The Labute approximate surface area is 56.9 Å². The predicted molar refractivity (Wildman–Crippen MR) is 34.1 cm³/mol. The molecular weight excluding hydrogens is 130 g/mol. The summed E-state index contributed by atoms with van der Waals surface area (Å²) in [5.41, 5.74) is 0.336. The topological polar surface area (TPSA) is 45.9 Å². The lowest BCUT2D eigenvalue weighted by Crippen LogP contribution is -1.62. The number of rotatable bonds is 0. The molecule has 10 heavy (non-hydrogen) atoms. The molecule has 1 aromatic carbocycles. The Morgan fingerprint density at radius 1 is 1.40 bits per heavy atom. The van der Waals surface area contributed by atoms with Crippen LogP contribution >= 0.6 is 0 Å². The Kier molecular flexibility index (Phi) is 0.917. The summed E-state index contributed by atoms with van der Waals surface area (Å²) in [6.07, 6.45) is 1.52. The lowest BCUT2D eigenvalue weighted by atomic mass is 10.2. The number of aromatic nitrogens is 1. The molecule has 0 amide bonds. The molecule has 0 unspecified atom stereocenters. The van der Waals surface area contributed by atoms with Crippen molar-refractivity contribution in [1.82, 2.24) is 5.16 Å². The lowest BCUT2D eigenvalue weighted by molar-refractivity contribution is 0.344. The molecule has 3 nitrogen and oxygen atoms in total. The van der Waals surface area contributed by atoms with Gasteiger partial charge in [-0.25, -0.2) is 0 Å². The van der Waals surface area contributed by atoms with Gasteiger partial charge in [-0.2, -0.15) is 0 Å². The highest BCUT2D eigenvalue weighted by molar-refractivity contribution is 5.81. The van der Waals surface area contributed by atoms with Crippen molar-refractivity contribution in [3.05, 3.63) is 24.4 Å². The molecule has 0 bridgehead atoms. The van der Waals surface area contributed by atoms with Crippen molar-refractivity contribution in [2.24, 2.45) is 0 Å². The summed E-state index contributed by atoms with van der Waals surface area (Å²) >= 11 is 0. The van der Waals surface area contributed by atoms with E-state index >= 15 is 0 Å². The first kappa shape index (κ1) is 5.29. The van der Waals surface area contributed by atoms with E-state index < -0.39 is 0 Å². The van der Waals surface area contributed by atoms with Gasteiger partial charge >= 0.3 is 0 Å². The van der Waals surface area contributed by atoms with Crippen molar-refractivity contribution in [3.8, 4) is 5.75 Å². The van der Waals surface area contributed by atoms with Crippen LogP contribution in [-0.2, 0) is 5.11 Å². The molecule has 0 aliphatic rings. The number of hydrogen-bond donors (Lipinski definition) is 0. The van der Waals surface area contributed by atoms with Crippen LogP contribution in [0, 0.1) is 0 Å². The van der Waals surface area contributed by atoms with Crippen LogP contribution in [0.3, 0.4) is 0 Å². The molecule has 0 aliphatic carbocycles. The largest absolute Gasteiger partial charge is 0.352 e. The lowest BCUT2D eigenvalue weighted by Gasteiger charge is -1.84. The van der Waals surface area contributed by atoms with Crippen molar-refractivity contribution in [2.45, 2.75) is 0 Å². The second kappa shape index (κ2) is 1.73. The van der Waals surface area contributed by atoms with Gasteiger partial charge < -0.3 is 4.52 Å². The molecule has 0 aliphatic heterocycles. The Balaban J connectivity index is 2.95. The highest BCUT2D eigenvalue weighted by Gasteiger charge is 2.03. The fraction of sp³-hybridized carbons (Fsp3) is 0. The maximum Gasteiger partial charge on any atom is 0.224 e. The van der Waals surface area contributed by atoms with Gasteiger partial charge in [-0.3, -0.25) is 5.11 Å². The van der Waals surface area contributed by atoms with Gasteiger partial charge in [0, 0.05) is 5.39 Å². The summed E-state index contributed by atoms with van der Waals surface area (Å²) in [5, 5.41) is 15.2. The van der Waals surface area contributed by atoms with E-state index in [0.29, 0.717) is 5.58 Å². The molecule has 0 N–H and O–H groups in total. The second-order valence-electron chi connectivity index (χ2n) is 2.00. The highest BCUT2D eigenvalue weighted by Crippen LogP contribution is 2.23.